The number of pyridine rings is 1. The first-order valence-electron chi connectivity index (χ1n) is 10.3. The molecule has 1 aromatic carbocycles. The number of ether oxygens (including phenoxy) is 2. The number of aromatic nitrogens is 1. The Hall–Kier alpha value is -3.44. The summed E-state index contributed by atoms with van der Waals surface area (Å²) in [5.74, 6) is -0.325. The van der Waals surface area contributed by atoms with E-state index in [9.17, 15) is 9.59 Å². The third-order valence-corrected chi connectivity index (χ3v) is 5.28. The minimum Gasteiger partial charge on any atom is -0.479 e. The van der Waals surface area contributed by atoms with Gasteiger partial charge in [-0.1, -0.05) is 6.07 Å². The Kier molecular flexibility index (Phi) is 7.57. The van der Waals surface area contributed by atoms with Crippen molar-refractivity contribution in [2.75, 3.05) is 6.54 Å². The minimum atomic E-state index is -0.955. The minimum absolute atomic E-state index is 0.0550. The number of amides is 1. The molecule has 0 bridgehead atoms. The van der Waals surface area contributed by atoms with Crippen molar-refractivity contribution in [3.05, 3.63) is 53.7 Å². The number of nitrogens with zero attached hydrogens (tertiary/aromatic N) is 2. The molecule has 8 nitrogen and oxygen atoms in total. The molecular weight excluding hydrogens is 398 g/mol. The fourth-order valence-electron chi connectivity index (χ4n) is 3.54. The van der Waals surface area contributed by atoms with Crippen molar-refractivity contribution in [3.63, 3.8) is 0 Å². The normalized spacial score (nSPS) is 19.1. The van der Waals surface area contributed by atoms with Crippen molar-refractivity contribution in [2.24, 2.45) is 5.92 Å². The van der Waals surface area contributed by atoms with E-state index in [0.717, 1.165) is 25.7 Å². The monoisotopic (exact) mass is 423 g/mol. The molecule has 1 aliphatic carbocycles. The first-order valence-corrected chi connectivity index (χ1v) is 10.3. The zero-order chi connectivity index (χ0) is 22.2. The van der Waals surface area contributed by atoms with E-state index in [4.69, 9.17) is 19.8 Å². The maximum absolute atomic E-state index is 12.7. The van der Waals surface area contributed by atoms with E-state index in [2.05, 4.69) is 10.3 Å². The van der Waals surface area contributed by atoms with Gasteiger partial charge >= 0.3 is 5.97 Å². The molecule has 1 aromatic heterocycles. The van der Waals surface area contributed by atoms with Crippen LogP contribution in [-0.2, 0) is 9.53 Å². The SMILES string of the molecule is C[C@@H](OC1CCC(CNC(=O)c2cccnc2Oc2cccc(C#N)c2)CC1)C(=O)O. The van der Waals surface area contributed by atoms with Gasteiger partial charge in [-0.3, -0.25) is 4.79 Å². The van der Waals surface area contributed by atoms with Crippen molar-refractivity contribution < 1.29 is 24.2 Å². The van der Waals surface area contributed by atoms with Crippen LogP contribution < -0.4 is 10.1 Å². The summed E-state index contributed by atoms with van der Waals surface area (Å²) in [7, 11) is 0. The quantitative estimate of drug-likeness (QED) is 0.666. The summed E-state index contributed by atoms with van der Waals surface area (Å²) in [6, 6.07) is 12.0. The molecule has 8 heteroatoms. The molecule has 1 atom stereocenters. The molecule has 1 amide bonds. The summed E-state index contributed by atoms with van der Waals surface area (Å²) in [5.41, 5.74) is 0.772. The molecule has 1 saturated carbocycles. The van der Waals surface area contributed by atoms with Gasteiger partial charge < -0.3 is 19.9 Å². The Morgan fingerprint density at radius 3 is 2.74 bits per heavy atom. The summed E-state index contributed by atoms with van der Waals surface area (Å²) >= 11 is 0. The number of carboxylic acids is 1. The molecule has 0 radical (unpaired) electrons. The Balaban J connectivity index is 1.54. The van der Waals surface area contributed by atoms with Crippen LogP contribution in [0.1, 0.15) is 48.5 Å². The van der Waals surface area contributed by atoms with Crippen LogP contribution in [0.4, 0.5) is 0 Å². The lowest BCUT2D eigenvalue weighted by Gasteiger charge is -2.29. The number of hydrogen-bond acceptors (Lipinski definition) is 6. The van der Waals surface area contributed by atoms with Crippen LogP contribution in [-0.4, -0.2) is 40.7 Å². The van der Waals surface area contributed by atoms with Crippen molar-refractivity contribution in [3.8, 4) is 17.7 Å². The highest BCUT2D eigenvalue weighted by atomic mass is 16.5. The first kappa shape index (κ1) is 22.2. The van der Waals surface area contributed by atoms with Gasteiger partial charge in [0.1, 0.15) is 11.3 Å². The van der Waals surface area contributed by atoms with Crippen molar-refractivity contribution >= 4 is 11.9 Å². The van der Waals surface area contributed by atoms with Gasteiger partial charge in [-0.2, -0.15) is 5.26 Å². The smallest absolute Gasteiger partial charge is 0.332 e. The maximum Gasteiger partial charge on any atom is 0.332 e. The Morgan fingerprint density at radius 1 is 1.26 bits per heavy atom. The summed E-state index contributed by atoms with van der Waals surface area (Å²) in [6.07, 6.45) is 3.94. The van der Waals surface area contributed by atoms with Crippen molar-refractivity contribution in [2.45, 2.75) is 44.8 Å². The topological polar surface area (TPSA) is 122 Å². The molecule has 0 unspecified atom stereocenters. The third-order valence-electron chi connectivity index (χ3n) is 5.28. The first-order chi connectivity index (χ1) is 15.0. The standard InChI is InChI=1S/C23H25N3O5/c1-15(23(28)29)30-18-9-7-16(8-10-18)14-26-21(27)20-6-3-11-25-22(20)31-19-5-2-4-17(12-19)13-24/h2-6,11-12,15-16,18H,7-10,14H2,1H3,(H,26,27)(H,28,29)/t15-,16?,18?/m1/s1. The van der Waals surface area contributed by atoms with Gasteiger partial charge in [0.25, 0.3) is 5.91 Å². The number of carboxylic acid groups (broad SMARTS) is 1. The van der Waals surface area contributed by atoms with E-state index in [-0.39, 0.29) is 17.9 Å². The summed E-state index contributed by atoms with van der Waals surface area (Å²) in [5, 5.41) is 20.9. The molecule has 0 saturated heterocycles. The Morgan fingerprint density at radius 2 is 2.03 bits per heavy atom. The van der Waals surface area contributed by atoms with Gasteiger partial charge in [0.15, 0.2) is 6.10 Å². The van der Waals surface area contributed by atoms with Crippen LogP contribution in [0.15, 0.2) is 42.6 Å². The van der Waals surface area contributed by atoms with E-state index in [1.807, 2.05) is 6.07 Å². The molecule has 1 aliphatic rings. The molecule has 0 aliphatic heterocycles. The van der Waals surface area contributed by atoms with Gasteiger partial charge in [0.05, 0.1) is 17.7 Å². The Labute approximate surface area is 180 Å². The molecule has 2 aromatic rings. The number of nitriles is 1. The molecule has 162 valence electrons. The number of benzene rings is 1. The average molecular weight is 423 g/mol. The predicted octanol–water partition coefficient (Wildman–Crippen LogP) is 3.52. The lowest BCUT2D eigenvalue weighted by molar-refractivity contribution is -0.154. The fraction of sp³-hybridized carbons (Fsp3) is 0.391. The van der Waals surface area contributed by atoms with Gasteiger partial charge in [-0.25, -0.2) is 9.78 Å². The van der Waals surface area contributed by atoms with E-state index in [1.54, 1.807) is 49.5 Å². The second-order valence-corrected chi connectivity index (χ2v) is 7.57. The zero-order valence-electron chi connectivity index (χ0n) is 17.3. The summed E-state index contributed by atoms with van der Waals surface area (Å²) < 4.78 is 11.3. The highest BCUT2D eigenvalue weighted by Gasteiger charge is 2.25. The third kappa shape index (κ3) is 6.27. The number of carbonyl (C=O) groups is 2. The van der Waals surface area contributed by atoms with Crippen LogP contribution in [0.3, 0.4) is 0 Å². The molecular formula is C23H25N3O5. The van der Waals surface area contributed by atoms with Crippen molar-refractivity contribution in [1.29, 1.82) is 5.26 Å². The summed E-state index contributed by atoms with van der Waals surface area (Å²) in [6.45, 7) is 2.05. The lowest BCUT2D eigenvalue weighted by Crippen LogP contribution is -2.34. The van der Waals surface area contributed by atoms with E-state index in [1.165, 1.54) is 0 Å². The zero-order valence-corrected chi connectivity index (χ0v) is 17.3. The van der Waals surface area contributed by atoms with E-state index < -0.39 is 12.1 Å². The maximum atomic E-state index is 12.7. The number of aliphatic carboxylic acids is 1. The molecule has 0 spiro atoms. The fourth-order valence-corrected chi connectivity index (χ4v) is 3.54. The predicted molar refractivity (Wildman–Crippen MR) is 112 cm³/mol. The van der Waals surface area contributed by atoms with Gasteiger partial charge in [0, 0.05) is 12.7 Å². The van der Waals surface area contributed by atoms with Gasteiger partial charge in [-0.15, -0.1) is 0 Å². The van der Waals surface area contributed by atoms with Crippen molar-refractivity contribution in [1.82, 2.24) is 10.3 Å². The molecule has 31 heavy (non-hydrogen) atoms. The van der Waals surface area contributed by atoms with Crippen LogP contribution in [0.25, 0.3) is 0 Å². The van der Waals surface area contributed by atoms with Crippen LogP contribution in [0, 0.1) is 17.2 Å². The van der Waals surface area contributed by atoms with Gasteiger partial charge in [0.2, 0.25) is 5.88 Å². The number of carbonyl (C=O) groups excluding carboxylic acids is 1. The molecule has 1 fully saturated rings. The summed E-state index contributed by atoms with van der Waals surface area (Å²) in [4.78, 5) is 27.8. The highest BCUT2D eigenvalue weighted by molar-refractivity contribution is 5.96. The van der Waals surface area contributed by atoms with E-state index >= 15 is 0 Å². The van der Waals surface area contributed by atoms with Gasteiger partial charge in [-0.05, 0) is 68.9 Å². The number of hydrogen-bond donors (Lipinski definition) is 2. The second kappa shape index (κ2) is 10.5. The largest absolute Gasteiger partial charge is 0.479 e. The second-order valence-electron chi connectivity index (χ2n) is 7.57. The molecule has 2 N–H and O–H groups in total. The van der Waals surface area contributed by atoms with Crippen LogP contribution >= 0.6 is 0 Å². The lowest BCUT2D eigenvalue weighted by atomic mass is 9.87. The molecule has 3 rings (SSSR count). The highest BCUT2D eigenvalue weighted by Crippen LogP contribution is 2.27. The van der Waals surface area contributed by atoms with E-state index in [0.29, 0.717) is 29.3 Å². The van der Waals surface area contributed by atoms with Crippen LogP contribution in [0.5, 0.6) is 11.6 Å². The molecule has 1 heterocycles. The number of nitrogens with one attached hydrogen (secondary N) is 1. The average Bonchev–Trinajstić information content (AvgIpc) is 2.78. The van der Waals surface area contributed by atoms with Crippen LogP contribution in [0.2, 0.25) is 0 Å². The number of rotatable bonds is 8. The Bertz CT molecular complexity index is 964.